The summed E-state index contributed by atoms with van der Waals surface area (Å²) in [5.41, 5.74) is 7.08. The van der Waals surface area contributed by atoms with Gasteiger partial charge in [-0.25, -0.2) is 4.39 Å². The summed E-state index contributed by atoms with van der Waals surface area (Å²) >= 11 is 6.08. The van der Waals surface area contributed by atoms with Gasteiger partial charge in [0.15, 0.2) is 0 Å². The molecule has 0 saturated carbocycles. The molecule has 15 heavy (non-hydrogen) atoms. The van der Waals surface area contributed by atoms with Crippen molar-refractivity contribution < 1.29 is 4.39 Å². The highest BCUT2D eigenvalue weighted by Crippen LogP contribution is 2.37. The smallest absolute Gasteiger partial charge is 0.129 e. The third-order valence-electron chi connectivity index (χ3n) is 2.56. The monoisotopic (exact) mass is 229 g/mol. The van der Waals surface area contributed by atoms with Crippen LogP contribution in [0.25, 0.3) is 0 Å². The number of aryl methyl sites for hydroxylation is 1. The molecule has 0 aromatic heterocycles. The molecule has 1 nitrogen and oxygen atoms in total. The van der Waals surface area contributed by atoms with E-state index in [1.54, 1.807) is 6.07 Å². The van der Waals surface area contributed by atoms with Crippen LogP contribution in [0.4, 0.5) is 4.39 Å². The number of halogens is 2. The minimum absolute atomic E-state index is 0.210. The van der Waals surface area contributed by atoms with Crippen LogP contribution in [0.15, 0.2) is 12.1 Å². The summed E-state index contributed by atoms with van der Waals surface area (Å²) in [5.74, 6) is -0.326. The fourth-order valence-corrected chi connectivity index (χ4v) is 1.67. The number of rotatable bonds is 1. The van der Waals surface area contributed by atoms with E-state index < -0.39 is 6.04 Å². The number of hydrogen-bond acceptors (Lipinski definition) is 1. The molecule has 1 aromatic carbocycles. The Labute approximate surface area is 95.4 Å². The average molecular weight is 230 g/mol. The molecular formula is C12H17ClFN. The Bertz CT molecular complexity index is 369. The lowest BCUT2D eigenvalue weighted by molar-refractivity contribution is 0.319. The second-order valence-corrected chi connectivity index (χ2v) is 5.31. The van der Waals surface area contributed by atoms with E-state index in [2.05, 4.69) is 0 Å². The summed E-state index contributed by atoms with van der Waals surface area (Å²) < 4.78 is 13.6. The van der Waals surface area contributed by atoms with Gasteiger partial charge in [-0.1, -0.05) is 38.4 Å². The molecule has 0 radical (unpaired) electrons. The van der Waals surface area contributed by atoms with Crippen LogP contribution in [0.3, 0.4) is 0 Å². The van der Waals surface area contributed by atoms with Crippen molar-refractivity contribution in [2.75, 3.05) is 0 Å². The Morgan fingerprint density at radius 1 is 1.33 bits per heavy atom. The summed E-state index contributed by atoms with van der Waals surface area (Å²) in [5, 5.41) is 0.442. The van der Waals surface area contributed by atoms with Crippen LogP contribution in [0.5, 0.6) is 0 Å². The van der Waals surface area contributed by atoms with Crippen molar-refractivity contribution in [3.8, 4) is 0 Å². The van der Waals surface area contributed by atoms with Crippen LogP contribution in [0.1, 0.15) is 37.9 Å². The molecule has 0 amide bonds. The molecule has 0 saturated heterocycles. The molecule has 0 spiro atoms. The fraction of sp³-hybridized carbons (Fsp3) is 0.500. The third-order valence-corrected chi connectivity index (χ3v) is 3.07. The van der Waals surface area contributed by atoms with Crippen LogP contribution in [0.2, 0.25) is 5.02 Å². The maximum Gasteiger partial charge on any atom is 0.129 e. The van der Waals surface area contributed by atoms with E-state index in [0.717, 1.165) is 5.56 Å². The molecule has 0 fully saturated rings. The maximum atomic E-state index is 13.6. The lowest BCUT2D eigenvalue weighted by atomic mass is 9.82. The zero-order chi connectivity index (χ0) is 11.8. The van der Waals surface area contributed by atoms with Crippen molar-refractivity contribution in [1.82, 2.24) is 0 Å². The summed E-state index contributed by atoms with van der Waals surface area (Å²) in [6, 6.07) is 2.68. The number of hydrogen-bond donors (Lipinski definition) is 1. The largest absolute Gasteiger partial charge is 0.323 e. The number of nitrogens with two attached hydrogens (primary N) is 1. The molecule has 0 aliphatic rings. The van der Waals surface area contributed by atoms with Crippen LogP contribution in [0, 0.1) is 18.2 Å². The van der Waals surface area contributed by atoms with Crippen molar-refractivity contribution in [3.63, 3.8) is 0 Å². The standard InChI is InChI=1S/C12H17ClFN/c1-7-5-6-8(14)9(10(7)13)11(15)12(2,3)4/h5-6,11H,15H2,1-4H3/t11-/m1/s1. The Kier molecular flexibility index (Phi) is 3.41. The normalized spacial score (nSPS) is 14.1. The lowest BCUT2D eigenvalue weighted by Crippen LogP contribution is -2.27. The van der Waals surface area contributed by atoms with Gasteiger partial charge in [0.25, 0.3) is 0 Å². The van der Waals surface area contributed by atoms with Gasteiger partial charge in [-0.15, -0.1) is 0 Å². The third kappa shape index (κ3) is 2.50. The van der Waals surface area contributed by atoms with E-state index in [1.807, 2.05) is 27.7 Å². The first kappa shape index (κ1) is 12.5. The Balaban J connectivity index is 3.31. The molecular weight excluding hydrogens is 213 g/mol. The van der Waals surface area contributed by atoms with Gasteiger partial charge in [-0.2, -0.15) is 0 Å². The van der Waals surface area contributed by atoms with Crippen LogP contribution < -0.4 is 5.73 Å². The van der Waals surface area contributed by atoms with E-state index in [9.17, 15) is 4.39 Å². The van der Waals surface area contributed by atoms with Crippen molar-refractivity contribution in [3.05, 3.63) is 34.1 Å². The molecule has 0 unspecified atom stereocenters. The van der Waals surface area contributed by atoms with Crippen molar-refractivity contribution in [2.45, 2.75) is 33.7 Å². The van der Waals surface area contributed by atoms with Crippen LogP contribution >= 0.6 is 11.6 Å². The highest BCUT2D eigenvalue weighted by Gasteiger charge is 2.27. The first-order valence-corrected chi connectivity index (χ1v) is 5.33. The first-order chi connectivity index (χ1) is 6.75. The van der Waals surface area contributed by atoms with Gasteiger partial charge >= 0.3 is 0 Å². The predicted octanol–water partition coefficient (Wildman–Crippen LogP) is 3.83. The fourth-order valence-electron chi connectivity index (χ4n) is 1.40. The zero-order valence-electron chi connectivity index (χ0n) is 9.57. The Morgan fingerprint density at radius 3 is 2.33 bits per heavy atom. The van der Waals surface area contributed by atoms with Gasteiger partial charge in [-0.05, 0) is 24.0 Å². The summed E-state index contributed by atoms with van der Waals surface area (Å²) in [7, 11) is 0. The highest BCUT2D eigenvalue weighted by molar-refractivity contribution is 6.32. The Morgan fingerprint density at radius 2 is 1.87 bits per heavy atom. The zero-order valence-corrected chi connectivity index (χ0v) is 10.3. The maximum absolute atomic E-state index is 13.6. The van der Waals surface area contributed by atoms with Crippen molar-refractivity contribution in [1.29, 1.82) is 0 Å². The first-order valence-electron chi connectivity index (χ1n) is 4.95. The van der Waals surface area contributed by atoms with E-state index in [1.165, 1.54) is 6.07 Å². The van der Waals surface area contributed by atoms with Crippen LogP contribution in [-0.4, -0.2) is 0 Å². The molecule has 3 heteroatoms. The second kappa shape index (κ2) is 4.11. The van der Waals surface area contributed by atoms with Gasteiger partial charge in [0.1, 0.15) is 5.82 Å². The van der Waals surface area contributed by atoms with Crippen molar-refractivity contribution >= 4 is 11.6 Å². The van der Waals surface area contributed by atoms with Gasteiger partial charge in [0.05, 0.1) is 5.02 Å². The molecule has 0 aliphatic carbocycles. The Hall–Kier alpha value is -0.600. The second-order valence-electron chi connectivity index (χ2n) is 4.94. The van der Waals surface area contributed by atoms with E-state index >= 15 is 0 Å². The SMILES string of the molecule is Cc1ccc(F)c([C@@H](N)C(C)(C)C)c1Cl. The minimum Gasteiger partial charge on any atom is -0.323 e. The van der Waals surface area contributed by atoms with Gasteiger partial charge in [0, 0.05) is 11.6 Å². The molecule has 0 heterocycles. The molecule has 2 N–H and O–H groups in total. The van der Waals surface area contributed by atoms with Gasteiger partial charge in [-0.3, -0.25) is 0 Å². The molecule has 1 aromatic rings. The minimum atomic E-state index is -0.398. The molecule has 0 bridgehead atoms. The summed E-state index contributed by atoms with van der Waals surface area (Å²) in [6.07, 6.45) is 0. The van der Waals surface area contributed by atoms with E-state index in [4.69, 9.17) is 17.3 Å². The van der Waals surface area contributed by atoms with Gasteiger partial charge in [0.2, 0.25) is 0 Å². The van der Waals surface area contributed by atoms with E-state index in [0.29, 0.717) is 10.6 Å². The van der Waals surface area contributed by atoms with Crippen molar-refractivity contribution in [2.24, 2.45) is 11.1 Å². The van der Waals surface area contributed by atoms with Crippen LogP contribution in [-0.2, 0) is 0 Å². The topological polar surface area (TPSA) is 26.0 Å². The average Bonchev–Trinajstić information content (AvgIpc) is 2.10. The lowest BCUT2D eigenvalue weighted by Gasteiger charge is -2.28. The highest BCUT2D eigenvalue weighted by atomic mass is 35.5. The predicted molar refractivity (Wildman–Crippen MR) is 62.5 cm³/mol. The summed E-state index contributed by atoms with van der Waals surface area (Å²) in [4.78, 5) is 0. The molecule has 84 valence electrons. The summed E-state index contributed by atoms with van der Waals surface area (Å²) in [6.45, 7) is 7.75. The molecule has 0 aliphatic heterocycles. The molecule has 1 rings (SSSR count). The molecule has 1 atom stereocenters. The van der Waals surface area contributed by atoms with E-state index in [-0.39, 0.29) is 11.2 Å². The number of benzene rings is 1. The quantitative estimate of drug-likeness (QED) is 0.778. The van der Waals surface area contributed by atoms with Gasteiger partial charge < -0.3 is 5.73 Å².